The summed E-state index contributed by atoms with van der Waals surface area (Å²) in [5.41, 5.74) is 0.746. The van der Waals surface area contributed by atoms with E-state index in [0.717, 1.165) is 0 Å². The van der Waals surface area contributed by atoms with Crippen LogP contribution in [0.4, 0.5) is 0 Å². The van der Waals surface area contributed by atoms with Gasteiger partial charge in [0.25, 0.3) is 0 Å². The molecule has 3 N–H and O–H groups in total. The van der Waals surface area contributed by atoms with E-state index in [9.17, 15) is 14.7 Å². The number of fused-ring (bicyclic) bond motifs is 1. The smallest absolute Gasteiger partial charge is 0.339 e. The summed E-state index contributed by atoms with van der Waals surface area (Å²) in [5.74, 6) is -0.711. The van der Waals surface area contributed by atoms with Crippen molar-refractivity contribution in [1.82, 2.24) is 10.6 Å². The standard InChI is InChI=1S/C14H16N2O4/c1-9(17)16-7-6-15-8-12-13(14(18)19)10-4-2-3-5-11(10)20-12/h2-5,15H,6-8H2,1H3,(H,16,17)(H,18,19). The molecule has 0 atom stereocenters. The molecule has 1 aromatic carbocycles. The van der Waals surface area contributed by atoms with E-state index in [4.69, 9.17) is 4.42 Å². The largest absolute Gasteiger partial charge is 0.478 e. The lowest BCUT2D eigenvalue weighted by atomic mass is 10.1. The summed E-state index contributed by atoms with van der Waals surface area (Å²) >= 11 is 0. The first-order valence-corrected chi connectivity index (χ1v) is 6.28. The zero-order valence-corrected chi connectivity index (χ0v) is 11.1. The number of para-hydroxylation sites is 1. The van der Waals surface area contributed by atoms with Crippen LogP contribution in [0.3, 0.4) is 0 Å². The first kappa shape index (κ1) is 14.1. The molecular formula is C14H16N2O4. The van der Waals surface area contributed by atoms with Crippen LogP contribution in [0.2, 0.25) is 0 Å². The van der Waals surface area contributed by atoms with Crippen LogP contribution in [0.5, 0.6) is 0 Å². The van der Waals surface area contributed by atoms with Crippen LogP contribution < -0.4 is 10.6 Å². The van der Waals surface area contributed by atoms with Crippen LogP contribution in [0.15, 0.2) is 28.7 Å². The maximum Gasteiger partial charge on any atom is 0.339 e. The van der Waals surface area contributed by atoms with Gasteiger partial charge in [-0.25, -0.2) is 4.79 Å². The first-order chi connectivity index (χ1) is 9.59. The Morgan fingerprint density at radius 1 is 1.25 bits per heavy atom. The molecule has 1 heterocycles. The lowest BCUT2D eigenvalue weighted by Gasteiger charge is -2.04. The molecule has 0 aliphatic rings. The number of carboxylic acids is 1. The Morgan fingerprint density at radius 3 is 2.70 bits per heavy atom. The van der Waals surface area contributed by atoms with Crippen LogP contribution >= 0.6 is 0 Å². The van der Waals surface area contributed by atoms with Gasteiger partial charge in [0.05, 0.1) is 6.54 Å². The second-order valence-electron chi connectivity index (χ2n) is 4.36. The topological polar surface area (TPSA) is 91.6 Å². The molecule has 6 nitrogen and oxygen atoms in total. The predicted molar refractivity (Wildman–Crippen MR) is 73.6 cm³/mol. The Morgan fingerprint density at radius 2 is 2.00 bits per heavy atom. The molecular weight excluding hydrogens is 260 g/mol. The zero-order valence-electron chi connectivity index (χ0n) is 11.1. The summed E-state index contributed by atoms with van der Waals surface area (Å²) in [4.78, 5) is 22.0. The van der Waals surface area contributed by atoms with Gasteiger partial charge in [0.15, 0.2) is 0 Å². The van der Waals surface area contributed by atoms with Gasteiger partial charge in [-0.1, -0.05) is 18.2 Å². The number of carbonyl (C=O) groups is 2. The van der Waals surface area contributed by atoms with Gasteiger partial charge in [0.2, 0.25) is 5.91 Å². The van der Waals surface area contributed by atoms with E-state index < -0.39 is 5.97 Å². The highest BCUT2D eigenvalue weighted by atomic mass is 16.4. The number of nitrogens with one attached hydrogen (secondary N) is 2. The number of benzene rings is 1. The fraction of sp³-hybridized carbons (Fsp3) is 0.286. The van der Waals surface area contributed by atoms with E-state index in [0.29, 0.717) is 36.4 Å². The fourth-order valence-electron chi connectivity index (χ4n) is 1.98. The first-order valence-electron chi connectivity index (χ1n) is 6.28. The molecule has 0 fully saturated rings. The molecule has 20 heavy (non-hydrogen) atoms. The Kier molecular flexibility index (Phi) is 4.37. The van der Waals surface area contributed by atoms with Crippen molar-refractivity contribution in [3.8, 4) is 0 Å². The monoisotopic (exact) mass is 276 g/mol. The Bertz CT molecular complexity index is 633. The van der Waals surface area contributed by atoms with Crippen LogP contribution in [0, 0.1) is 0 Å². The molecule has 0 aliphatic heterocycles. The molecule has 0 spiro atoms. The molecule has 0 aliphatic carbocycles. The number of carboxylic acid groups (broad SMARTS) is 1. The number of furan rings is 1. The number of hydrogen-bond donors (Lipinski definition) is 3. The van der Waals surface area contributed by atoms with Gasteiger partial charge >= 0.3 is 5.97 Å². The van der Waals surface area contributed by atoms with Crippen molar-refractivity contribution in [3.63, 3.8) is 0 Å². The van der Waals surface area contributed by atoms with Crippen LogP contribution in [-0.4, -0.2) is 30.1 Å². The van der Waals surface area contributed by atoms with E-state index >= 15 is 0 Å². The van der Waals surface area contributed by atoms with Gasteiger partial charge in [-0.2, -0.15) is 0 Å². The minimum atomic E-state index is -1.01. The number of carbonyl (C=O) groups excluding carboxylic acids is 1. The van der Waals surface area contributed by atoms with E-state index in [1.165, 1.54) is 6.92 Å². The van der Waals surface area contributed by atoms with Crippen molar-refractivity contribution in [2.24, 2.45) is 0 Å². The number of aromatic carboxylic acids is 1. The van der Waals surface area contributed by atoms with Crippen molar-refractivity contribution < 1.29 is 19.1 Å². The summed E-state index contributed by atoms with van der Waals surface area (Å²) in [6.07, 6.45) is 0. The highest BCUT2D eigenvalue weighted by molar-refractivity contribution is 6.03. The quantitative estimate of drug-likeness (QED) is 0.693. The van der Waals surface area contributed by atoms with E-state index in [1.54, 1.807) is 24.3 Å². The lowest BCUT2D eigenvalue weighted by molar-refractivity contribution is -0.118. The van der Waals surface area contributed by atoms with Crippen molar-refractivity contribution in [2.45, 2.75) is 13.5 Å². The molecule has 0 saturated carbocycles. The van der Waals surface area contributed by atoms with Gasteiger partial charge in [-0.05, 0) is 6.07 Å². The van der Waals surface area contributed by atoms with Crippen molar-refractivity contribution >= 4 is 22.8 Å². The van der Waals surface area contributed by atoms with Gasteiger partial charge in [0, 0.05) is 25.4 Å². The summed E-state index contributed by atoms with van der Waals surface area (Å²) in [7, 11) is 0. The average Bonchev–Trinajstić information content (AvgIpc) is 2.76. The SMILES string of the molecule is CC(=O)NCCNCc1oc2ccccc2c1C(=O)O. The Labute approximate surface area is 115 Å². The third kappa shape index (κ3) is 3.16. The van der Waals surface area contributed by atoms with Gasteiger partial charge in [-0.3, -0.25) is 4.79 Å². The van der Waals surface area contributed by atoms with E-state index in [-0.39, 0.29) is 11.5 Å². The molecule has 0 radical (unpaired) electrons. The number of amides is 1. The highest BCUT2D eigenvalue weighted by Gasteiger charge is 2.19. The molecule has 1 aromatic heterocycles. The van der Waals surface area contributed by atoms with Crippen LogP contribution in [-0.2, 0) is 11.3 Å². The van der Waals surface area contributed by atoms with E-state index in [1.807, 2.05) is 0 Å². The summed E-state index contributed by atoms with van der Waals surface area (Å²) in [5, 5.41) is 15.6. The number of rotatable bonds is 6. The predicted octanol–water partition coefficient (Wildman–Crippen LogP) is 1.36. The summed E-state index contributed by atoms with van der Waals surface area (Å²) in [6.45, 7) is 2.77. The average molecular weight is 276 g/mol. The van der Waals surface area contributed by atoms with Crippen molar-refractivity contribution in [3.05, 3.63) is 35.6 Å². The van der Waals surface area contributed by atoms with Gasteiger partial charge in [0.1, 0.15) is 16.9 Å². The molecule has 6 heteroatoms. The minimum absolute atomic E-state index is 0.0956. The Hall–Kier alpha value is -2.34. The van der Waals surface area contributed by atoms with Crippen molar-refractivity contribution in [1.29, 1.82) is 0 Å². The third-order valence-electron chi connectivity index (χ3n) is 2.84. The third-order valence-corrected chi connectivity index (χ3v) is 2.84. The molecule has 2 rings (SSSR count). The van der Waals surface area contributed by atoms with Gasteiger partial charge in [-0.15, -0.1) is 0 Å². The Balaban J connectivity index is 2.07. The maximum atomic E-state index is 11.3. The van der Waals surface area contributed by atoms with Crippen LogP contribution in [0.25, 0.3) is 11.0 Å². The second kappa shape index (κ2) is 6.21. The van der Waals surface area contributed by atoms with Crippen molar-refractivity contribution in [2.75, 3.05) is 13.1 Å². The lowest BCUT2D eigenvalue weighted by Crippen LogP contribution is -2.30. The second-order valence-corrected chi connectivity index (χ2v) is 4.36. The normalized spacial score (nSPS) is 10.7. The molecule has 0 unspecified atom stereocenters. The molecule has 0 saturated heterocycles. The summed E-state index contributed by atoms with van der Waals surface area (Å²) in [6, 6.07) is 7.04. The van der Waals surface area contributed by atoms with E-state index in [2.05, 4.69) is 10.6 Å². The highest BCUT2D eigenvalue weighted by Crippen LogP contribution is 2.25. The minimum Gasteiger partial charge on any atom is -0.478 e. The molecule has 1 amide bonds. The zero-order chi connectivity index (χ0) is 14.5. The molecule has 0 bridgehead atoms. The molecule has 2 aromatic rings. The number of hydrogen-bond acceptors (Lipinski definition) is 4. The van der Waals surface area contributed by atoms with Gasteiger partial charge < -0.3 is 20.2 Å². The fourth-order valence-corrected chi connectivity index (χ4v) is 1.98. The summed E-state index contributed by atoms with van der Waals surface area (Å²) < 4.78 is 5.56. The molecule has 106 valence electrons. The van der Waals surface area contributed by atoms with Crippen LogP contribution in [0.1, 0.15) is 23.0 Å². The maximum absolute atomic E-state index is 11.3.